The fourth-order valence-corrected chi connectivity index (χ4v) is 4.36. The van der Waals surface area contributed by atoms with Gasteiger partial charge < -0.3 is 14.4 Å². The molecule has 1 aliphatic heterocycles. The Bertz CT molecular complexity index is 957. The molecule has 1 aromatic heterocycles. The van der Waals surface area contributed by atoms with Gasteiger partial charge in [0, 0.05) is 33.1 Å². The van der Waals surface area contributed by atoms with Gasteiger partial charge in [-0.3, -0.25) is 0 Å². The van der Waals surface area contributed by atoms with E-state index < -0.39 is 0 Å². The van der Waals surface area contributed by atoms with Crippen LogP contribution in [0.4, 0.5) is 4.39 Å². The molecule has 0 N–H and O–H groups in total. The Morgan fingerprint density at radius 3 is 2.61 bits per heavy atom. The molecule has 2 aromatic carbocycles. The molecule has 0 saturated heterocycles. The van der Waals surface area contributed by atoms with Crippen LogP contribution in [0.3, 0.4) is 0 Å². The number of hydrogen-bond acceptors (Lipinski definition) is 4. The molecule has 0 unspecified atom stereocenters. The number of hydrogen-bond donors (Lipinski definition) is 0. The molecule has 148 valence electrons. The maximum Gasteiger partial charge on any atom is 0.136 e. The van der Waals surface area contributed by atoms with E-state index in [0.717, 1.165) is 51.8 Å². The molecule has 0 aliphatic carbocycles. The van der Waals surface area contributed by atoms with Crippen molar-refractivity contribution < 1.29 is 13.9 Å². The minimum atomic E-state index is -0.260. The van der Waals surface area contributed by atoms with Gasteiger partial charge in [0.05, 0.1) is 6.61 Å². The molecule has 28 heavy (non-hydrogen) atoms. The minimum absolute atomic E-state index is 0. The van der Waals surface area contributed by atoms with E-state index in [1.807, 2.05) is 24.3 Å². The van der Waals surface area contributed by atoms with Crippen molar-refractivity contribution >= 4 is 23.7 Å². The van der Waals surface area contributed by atoms with Crippen molar-refractivity contribution in [2.45, 2.75) is 13.0 Å². The summed E-state index contributed by atoms with van der Waals surface area (Å²) in [7, 11) is 4.12. The zero-order chi connectivity index (χ0) is 18.8. The summed E-state index contributed by atoms with van der Waals surface area (Å²) in [5.74, 6) is 1.22. The zero-order valence-corrected chi connectivity index (χ0v) is 17.5. The summed E-state index contributed by atoms with van der Waals surface area (Å²) in [5, 5.41) is 0. The first-order chi connectivity index (χ1) is 13.1. The lowest BCUT2D eigenvalue weighted by molar-refractivity contribution is 0.115. The predicted octanol–water partition coefficient (Wildman–Crippen LogP) is 6.22. The lowest BCUT2D eigenvalue weighted by Gasteiger charge is -2.09. The molecule has 1 aliphatic rings. The lowest BCUT2D eigenvalue weighted by atomic mass is 10.0. The first-order valence-corrected chi connectivity index (χ1v) is 9.86. The first kappa shape index (κ1) is 20.8. The number of nitrogens with zero attached hydrogens (tertiary/aromatic N) is 1. The third-order valence-corrected chi connectivity index (χ3v) is 5.65. The Morgan fingerprint density at radius 1 is 1.00 bits per heavy atom. The molecule has 3 nitrogen and oxygen atoms in total. The van der Waals surface area contributed by atoms with Crippen molar-refractivity contribution in [2.75, 3.05) is 27.2 Å². The van der Waals surface area contributed by atoms with Crippen molar-refractivity contribution in [3.8, 4) is 33.1 Å². The van der Waals surface area contributed by atoms with Crippen molar-refractivity contribution in [3.63, 3.8) is 0 Å². The molecule has 4 rings (SSSR count). The monoisotopic (exact) mass is 419 g/mol. The van der Waals surface area contributed by atoms with Gasteiger partial charge in [0.1, 0.15) is 17.3 Å². The summed E-state index contributed by atoms with van der Waals surface area (Å²) in [6.07, 6.45) is 1.00. The highest BCUT2D eigenvalue weighted by atomic mass is 35.5. The van der Waals surface area contributed by atoms with Gasteiger partial charge in [-0.25, -0.2) is 4.39 Å². The van der Waals surface area contributed by atoms with E-state index in [-0.39, 0.29) is 18.2 Å². The Morgan fingerprint density at radius 2 is 1.79 bits per heavy atom. The summed E-state index contributed by atoms with van der Waals surface area (Å²) < 4.78 is 25.9. The van der Waals surface area contributed by atoms with Gasteiger partial charge >= 0.3 is 0 Å². The first-order valence-electron chi connectivity index (χ1n) is 9.04. The van der Waals surface area contributed by atoms with E-state index in [1.165, 1.54) is 6.07 Å². The number of halogens is 2. The number of fused-ring (bicyclic) bond motifs is 5. The van der Waals surface area contributed by atoms with Crippen LogP contribution in [0.25, 0.3) is 21.6 Å². The molecule has 0 radical (unpaired) electrons. The Hall–Kier alpha value is -1.92. The van der Waals surface area contributed by atoms with Gasteiger partial charge in [-0.2, -0.15) is 0 Å². The summed E-state index contributed by atoms with van der Waals surface area (Å²) in [5.41, 5.74) is 2.90. The smallest absolute Gasteiger partial charge is 0.136 e. The van der Waals surface area contributed by atoms with E-state index >= 15 is 0 Å². The molecule has 0 saturated carbocycles. The third-order valence-electron chi connectivity index (χ3n) is 4.50. The molecular formula is C22H23ClFNO2S. The van der Waals surface area contributed by atoms with Crippen molar-refractivity contribution in [2.24, 2.45) is 0 Å². The van der Waals surface area contributed by atoms with Gasteiger partial charge in [-0.05, 0) is 57.4 Å². The minimum Gasteiger partial charge on any atom is -0.456 e. The second-order valence-electron chi connectivity index (χ2n) is 6.90. The van der Waals surface area contributed by atoms with Gasteiger partial charge in [0.25, 0.3) is 0 Å². The molecule has 0 atom stereocenters. The molecule has 2 heterocycles. The quantitative estimate of drug-likeness (QED) is 0.346. The number of para-hydroxylation sites is 1. The molecule has 0 spiro atoms. The van der Waals surface area contributed by atoms with Crippen LogP contribution in [0.5, 0.6) is 11.5 Å². The fourth-order valence-electron chi connectivity index (χ4n) is 3.23. The summed E-state index contributed by atoms with van der Waals surface area (Å²) in [4.78, 5) is 4.32. The molecule has 0 bridgehead atoms. The lowest BCUT2D eigenvalue weighted by Crippen LogP contribution is -2.14. The van der Waals surface area contributed by atoms with Crippen LogP contribution in [0.15, 0.2) is 48.5 Å². The third kappa shape index (κ3) is 4.39. The fraction of sp³-hybridized carbons (Fsp3) is 0.273. The normalized spacial score (nSPS) is 11.7. The maximum atomic E-state index is 13.9. The number of thiophene rings is 1. The van der Waals surface area contributed by atoms with Crippen LogP contribution in [0, 0.1) is 5.82 Å². The molecular weight excluding hydrogens is 397 g/mol. The van der Waals surface area contributed by atoms with Crippen LogP contribution in [-0.4, -0.2) is 32.1 Å². The zero-order valence-electron chi connectivity index (χ0n) is 15.9. The Kier molecular flexibility index (Phi) is 6.73. The molecule has 6 heteroatoms. The number of rotatable bonds is 6. The van der Waals surface area contributed by atoms with Crippen molar-refractivity contribution in [1.82, 2.24) is 4.90 Å². The van der Waals surface area contributed by atoms with Gasteiger partial charge in [-0.1, -0.05) is 18.2 Å². The van der Waals surface area contributed by atoms with Gasteiger partial charge in [0.2, 0.25) is 0 Å². The summed E-state index contributed by atoms with van der Waals surface area (Å²) >= 11 is 1.65. The average molecular weight is 420 g/mol. The average Bonchev–Trinajstić information content (AvgIpc) is 3.02. The van der Waals surface area contributed by atoms with Crippen molar-refractivity contribution in [3.05, 3.63) is 59.2 Å². The SMILES string of the molecule is CN(C)CCCOCc1cc2c(s1)-c1cc(F)ccc1Oc1ccccc1-2.Cl. The highest BCUT2D eigenvalue weighted by Gasteiger charge is 2.23. The Balaban J connectivity index is 0.00000225. The second kappa shape index (κ2) is 9.05. The molecule has 0 amide bonds. The van der Waals surface area contributed by atoms with Crippen LogP contribution in [0.2, 0.25) is 0 Å². The topological polar surface area (TPSA) is 21.7 Å². The van der Waals surface area contributed by atoms with Gasteiger partial charge in [0.15, 0.2) is 0 Å². The van der Waals surface area contributed by atoms with Crippen LogP contribution < -0.4 is 4.74 Å². The van der Waals surface area contributed by atoms with Crippen LogP contribution >= 0.6 is 23.7 Å². The van der Waals surface area contributed by atoms with E-state index in [0.29, 0.717) is 12.4 Å². The van der Waals surface area contributed by atoms with E-state index in [2.05, 4.69) is 25.1 Å². The summed E-state index contributed by atoms with van der Waals surface area (Å²) in [6.45, 7) is 2.31. The van der Waals surface area contributed by atoms with Crippen molar-refractivity contribution in [1.29, 1.82) is 0 Å². The van der Waals surface area contributed by atoms with Crippen LogP contribution in [0.1, 0.15) is 11.3 Å². The Labute approximate surface area is 175 Å². The van der Waals surface area contributed by atoms with E-state index in [9.17, 15) is 4.39 Å². The van der Waals surface area contributed by atoms with Gasteiger partial charge in [-0.15, -0.1) is 23.7 Å². The van der Waals surface area contributed by atoms with E-state index in [4.69, 9.17) is 9.47 Å². The molecule has 0 fully saturated rings. The number of ether oxygens (including phenoxy) is 2. The highest BCUT2D eigenvalue weighted by molar-refractivity contribution is 7.16. The highest BCUT2D eigenvalue weighted by Crippen LogP contribution is 2.50. The predicted molar refractivity (Wildman–Crippen MR) is 115 cm³/mol. The van der Waals surface area contributed by atoms with Crippen LogP contribution in [-0.2, 0) is 11.3 Å². The standard InChI is InChI=1S/C22H22FNO2S.ClH/c1-24(2)10-5-11-25-14-16-13-18-17-6-3-4-7-20(17)26-21-9-8-15(23)12-19(21)22(18)27-16;/h3-4,6-9,12-13H,5,10-11,14H2,1-2H3;1H. The maximum absolute atomic E-state index is 13.9. The second-order valence-corrected chi connectivity index (χ2v) is 8.04. The largest absolute Gasteiger partial charge is 0.456 e. The summed E-state index contributed by atoms with van der Waals surface area (Å²) in [6, 6.07) is 14.8. The van der Waals surface area contributed by atoms with E-state index in [1.54, 1.807) is 23.5 Å². The molecule has 3 aromatic rings. The number of benzene rings is 2.